The normalized spacial score (nSPS) is 21.8. The molecule has 0 radical (unpaired) electrons. The number of hydrogen-bond donors (Lipinski definition) is 1. The molecule has 0 amide bonds. The van der Waals surface area contributed by atoms with Gasteiger partial charge in [0, 0.05) is 25.7 Å². The molecule has 1 N–H and O–H groups in total. The van der Waals surface area contributed by atoms with Crippen LogP contribution in [0.3, 0.4) is 0 Å². The third-order valence-corrected chi connectivity index (χ3v) is 5.43. The molecule has 2 fully saturated rings. The first-order valence-corrected chi connectivity index (χ1v) is 9.05. The molecule has 0 atom stereocenters. The van der Waals surface area contributed by atoms with Gasteiger partial charge < -0.3 is 19.5 Å². The van der Waals surface area contributed by atoms with E-state index in [1.165, 1.54) is 18.4 Å². The maximum atomic E-state index is 9.66. The third-order valence-electron chi connectivity index (χ3n) is 5.43. The van der Waals surface area contributed by atoms with E-state index in [1.54, 1.807) is 14.2 Å². The molecule has 5 nitrogen and oxygen atoms in total. The molecule has 3 rings (SSSR count). The molecule has 2 aliphatic heterocycles. The van der Waals surface area contributed by atoms with E-state index in [9.17, 15) is 5.11 Å². The summed E-state index contributed by atoms with van der Waals surface area (Å²) in [7, 11) is 3.35. The molecule has 24 heavy (non-hydrogen) atoms. The SMILES string of the molecule is COc1ccc(CN2CCC(N3CCC(O)CC3)CC2)cc1OC. The number of methoxy groups -OCH3 is 2. The highest BCUT2D eigenvalue weighted by Crippen LogP contribution is 2.29. The summed E-state index contributed by atoms with van der Waals surface area (Å²) in [5.74, 6) is 1.59. The van der Waals surface area contributed by atoms with Crippen LogP contribution in [0.2, 0.25) is 0 Å². The number of aliphatic hydroxyl groups is 1. The van der Waals surface area contributed by atoms with E-state index in [1.807, 2.05) is 6.07 Å². The molecule has 0 unspecified atom stereocenters. The van der Waals surface area contributed by atoms with Crippen LogP contribution in [-0.2, 0) is 6.54 Å². The van der Waals surface area contributed by atoms with Crippen LogP contribution in [0, 0.1) is 0 Å². The smallest absolute Gasteiger partial charge is 0.161 e. The minimum atomic E-state index is -0.0774. The molecule has 0 spiro atoms. The molecule has 2 aliphatic rings. The van der Waals surface area contributed by atoms with Crippen LogP contribution in [0.1, 0.15) is 31.2 Å². The second-order valence-corrected chi connectivity index (χ2v) is 6.96. The Bertz CT molecular complexity index is 521. The first-order valence-electron chi connectivity index (χ1n) is 9.05. The predicted octanol–water partition coefficient (Wildman–Crippen LogP) is 2.12. The van der Waals surface area contributed by atoms with Crippen molar-refractivity contribution in [2.45, 2.75) is 44.4 Å². The maximum absolute atomic E-state index is 9.66. The molecule has 0 aliphatic carbocycles. The maximum Gasteiger partial charge on any atom is 0.161 e. The molecule has 0 saturated carbocycles. The van der Waals surface area contributed by atoms with Crippen LogP contribution in [0.25, 0.3) is 0 Å². The first-order chi connectivity index (χ1) is 11.7. The Labute approximate surface area is 145 Å². The Balaban J connectivity index is 1.50. The van der Waals surface area contributed by atoms with Gasteiger partial charge >= 0.3 is 0 Å². The summed E-state index contributed by atoms with van der Waals surface area (Å²) >= 11 is 0. The van der Waals surface area contributed by atoms with Crippen LogP contribution in [0.4, 0.5) is 0 Å². The summed E-state index contributed by atoms with van der Waals surface area (Å²) in [4.78, 5) is 5.11. The van der Waals surface area contributed by atoms with Crippen molar-refractivity contribution in [1.29, 1.82) is 0 Å². The quantitative estimate of drug-likeness (QED) is 0.894. The number of rotatable bonds is 5. The Morgan fingerprint density at radius 2 is 1.62 bits per heavy atom. The van der Waals surface area contributed by atoms with E-state index in [-0.39, 0.29) is 6.10 Å². The van der Waals surface area contributed by atoms with Gasteiger partial charge in [0.15, 0.2) is 11.5 Å². The fourth-order valence-electron chi connectivity index (χ4n) is 3.93. The number of aliphatic hydroxyl groups excluding tert-OH is 1. The van der Waals surface area contributed by atoms with E-state index in [0.717, 1.165) is 57.1 Å². The lowest BCUT2D eigenvalue weighted by atomic mass is 9.98. The Morgan fingerprint density at radius 1 is 0.958 bits per heavy atom. The summed E-state index contributed by atoms with van der Waals surface area (Å²) in [5.41, 5.74) is 1.27. The number of nitrogens with zero attached hydrogens (tertiary/aromatic N) is 2. The molecule has 0 aromatic heterocycles. The number of hydrogen-bond acceptors (Lipinski definition) is 5. The van der Waals surface area contributed by atoms with Crippen molar-refractivity contribution in [2.75, 3.05) is 40.4 Å². The van der Waals surface area contributed by atoms with Crippen molar-refractivity contribution in [1.82, 2.24) is 9.80 Å². The van der Waals surface area contributed by atoms with E-state index in [0.29, 0.717) is 6.04 Å². The number of benzene rings is 1. The van der Waals surface area contributed by atoms with Crippen LogP contribution in [-0.4, -0.2) is 67.5 Å². The summed E-state index contributed by atoms with van der Waals surface area (Å²) in [5, 5.41) is 9.66. The number of ether oxygens (including phenoxy) is 2. The van der Waals surface area contributed by atoms with Gasteiger partial charge in [-0.3, -0.25) is 4.90 Å². The van der Waals surface area contributed by atoms with Crippen molar-refractivity contribution in [3.63, 3.8) is 0 Å². The van der Waals surface area contributed by atoms with Crippen LogP contribution in [0.5, 0.6) is 11.5 Å². The van der Waals surface area contributed by atoms with Gasteiger partial charge in [0.2, 0.25) is 0 Å². The highest BCUT2D eigenvalue weighted by Gasteiger charge is 2.27. The largest absolute Gasteiger partial charge is 0.493 e. The van der Waals surface area contributed by atoms with E-state index < -0.39 is 0 Å². The molecule has 5 heteroatoms. The van der Waals surface area contributed by atoms with Gasteiger partial charge in [-0.1, -0.05) is 6.07 Å². The fraction of sp³-hybridized carbons (Fsp3) is 0.684. The zero-order chi connectivity index (χ0) is 16.9. The third kappa shape index (κ3) is 4.21. The molecule has 0 bridgehead atoms. The van der Waals surface area contributed by atoms with Crippen LogP contribution < -0.4 is 9.47 Å². The van der Waals surface area contributed by atoms with Crippen molar-refractivity contribution in [3.8, 4) is 11.5 Å². The highest BCUT2D eigenvalue weighted by atomic mass is 16.5. The van der Waals surface area contributed by atoms with Gasteiger partial charge in [0.25, 0.3) is 0 Å². The lowest BCUT2D eigenvalue weighted by Crippen LogP contribution is -2.48. The summed E-state index contributed by atoms with van der Waals surface area (Å²) in [6, 6.07) is 6.88. The second-order valence-electron chi connectivity index (χ2n) is 6.96. The average Bonchev–Trinajstić information content (AvgIpc) is 2.63. The summed E-state index contributed by atoms with van der Waals surface area (Å²) < 4.78 is 10.7. The minimum absolute atomic E-state index is 0.0774. The predicted molar refractivity (Wildman–Crippen MR) is 94.7 cm³/mol. The topological polar surface area (TPSA) is 45.2 Å². The van der Waals surface area contributed by atoms with Crippen LogP contribution in [0.15, 0.2) is 18.2 Å². The summed E-state index contributed by atoms with van der Waals surface area (Å²) in [6.07, 6.45) is 4.25. The Morgan fingerprint density at radius 3 is 2.25 bits per heavy atom. The van der Waals surface area contributed by atoms with Gasteiger partial charge in [0.05, 0.1) is 20.3 Å². The summed E-state index contributed by atoms with van der Waals surface area (Å²) in [6.45, 7) is 5.35. The minimum Gasteiger partial charge on any atom is -0.493 e. The van der Waals surface area contributed by atoms with Crippen molar-refractivity contribution >= 4 is 0 Å². The molecule has 1 aromatic carbocycles. The van der Waals surface area contributed by atoms with Crippen LogP contribution >= 0.6 is 0 Å². The molecule has 2 saturated heterocycles. The van der Waals surface area contributed by atoms with Crippen molar-refractivity contribution < 1.29 is 14.6 Å². The van der Waals surface area contributed by atoms with E-state index >= 15 is 0 Å². The first kappa shape index (κ1) is 17.5. The zero-order valence-corrected chi connectivity index (χ0v) is 14.9. The Kier molecular flexibility index (Phi) is 5.98. The van der Waals surface area contributed by atoms with Gasteiger partial charge in [-0.25, -0.2) is 0 Å². The second kappa shape index (κ2) is 8.19. The molecular weight excluding hydrogens is 304 g/mol. The molecular formula is C19H30N2O3. The molecule has 1 aromatic rings. The van der Waals surface area contributed by atoms with Crippen molar-refractivity contribution in [3.05, 3.63) is 23.8 Å². The van der Waals surface area contributed by atoms with E-state index in [4.69, 9.17) is 9.47 Å². The standard InChI is InChI=1S/C19H30N2O3/c1-23-18-4-3-15(13-19(18)24-2)14-20-9-5-16(6-10-20)21-11-7-17(22)8-12-21/h3-4,13,16-17,22H,5-12,14H2,1-2H3. The monoisotopic (exact) mass is 334 g/mol. The van der Waals surface area contributed by atoms with Crippen molar-refractivity contribution in [2.24, 2.45) is 0 Å². The van der Waals surface area contributed by atoms with E-state index in [2.05, 4.69) is 21.9 Å². The average molecular weight is 334 g/mol. The lowest BCUT2D eigenvalue weighted by molar-refractivity contribution is 0.0375. The molecule has 2 heterocycles. The lowest BCUT2D eigenvalue weighted by Gasteiger charge is -2.41. The van der Waals surface area contributed by atoms with Gasteiger partial charge in [-0.05, 0) is 56.5 Å². The molecule has 134 valence electrons. The zero-order valence-electron chi connectivity index (χ0n) is 14.9. The fourth-order valence-corrected chi connectivity index (χ4v) is 3.93. The van der Waals surface area contributed by atoms with Gasteiger partial charge in [0.1, 0.15) is 0 Å². The van der Waals surface area contributed by atoms with Gasteiger partial charge in [-0.2, -0.15) is 0 Å². The highest BCUT2D eigenvalue weighted by molar-refractivity contribution is 5.42. The number of piperidine rings is 2. The Hall–Kier alpha value is -1.30. The van der Waals surface area contributed by atoms with Gasteiger partial charge in [-0.15, -0.1) is 0 Å². The number of likely N-dealkylation sites (tertiary alicyclic amines) is 2.